The summed E-state index contributed by atoms with van der Waals surface area (Å²) in [6, 6.07) is 0. The van der Waals surface area contributed by atoms with E-state index in [4.69, 9.17) is 10.8 Å². The van der Waals surface area contributed by atoms with Gasteiger partial charge in [0.1, 0.15) is 0 Å². The summed E-state index contributed by atoms with van der Waals surface area (Å²) in [7, 11) is 0. The normalized spacial score (nSPS) is 36.1. The van der Waals surface area contributed by atoms with Gasteiger partial charge in [-0.15, -0.1) is 0 Å². The molecule has 1 spiro atoms. The first-order valence-corrected chi connectivity index (χ1v) is 5.09. The number of aliphatic carboxylic acids is 1. The van der Waals surface area contributed by atoms with Crippen LogP contribution in [0.5, 0.6) is 0 Å². The Hall–Kier alpha value is -0.570. The fraction of sp³-hybridized carbons (Fsp3) is 0.900. The first-order valence-electron chi connectivity index (χ1n) is 5.09. The van der Waals surface area contributed by atoms with Crippen molar-refractivity contribution in [3.8, 4) is 0 Å². The number of nitrogens with two attached hydrogens (primary N) is 1. The Bertz CT molecular complexity index is 235. The minimum atomic E-state index is -0.740. The average Bonchev–Trinajstić information content (AvgIpc) is 2.23. The van der Waals surface area contributed by atoms with E-state index in [-0.39, 0.29) is 11.8 Å². The van der Waals surface area contributed by atoms with Gasteiger partial charge in [0.25, 0.3) is 0 Å². The lowest BCUT2D eigenvalue weighted by molar-refractivity contribution is -0.140. The van der Waals surface area contributed by atoms with E-state index in [0.717, 1.165) is 32.1 Å². The molecule has 0 heterocycles. The second-order valence-corrected chi connectivity index (χ2v) is 4.71. The summed E-state index contributed by atoms with van der Waals surface area (Å²) in [5.74, 6) is -0.740. The smallest absolute Gasteiger partial charge is 0.305 e. The molecule has 0 aliphatic heterocycles. The Kier molecular flexibility index (Phi) is 1.88. The maximum absolute atomic E-state index is 10.7. The third-order valence-corrected chi connectivity index (χ3v) is 4.11. The van der Waals surface area contributed by atoms with Gasteiger partial charge in [-0.05, 0) is 31.1 Å². The lowest BCUT2D eigenvalue weighted by Gasteiger charge is -2.49. The zero-order chi connectivity index (χ0) is 9.53. The van der Waals surface area contributed by atoms with Crippen molar-refractivity contribution in [3.05, 3.63) is 0 Å². The van der Waals surface area contributed by atoms with Crippen LogP contribution in [0.2, 0.25) is 0 Å². The van der Waals surface area contributed by atoms with Crippen molar-refractivity contribution >= 4 is 5.97 Å². The van der Waals surface area contributed by atoms with Crippen LogP contribution in [-0.2, 0) is 4.79 Å². The highest BCUT2D eigenvalue weighted by molar-refractivity contribution is 5.68. The Labute approximate surface area is 78.3 Å². The molecule has 2 aliphatic rings. The number of carboxylic acid groups (broad SMARTS) is 1. The number of hydrogen-bond donors (Lipinski definition) is 2. The second kappa shape index (κ2) is 2.71. The van der Waals surface area contributed by atoms with Crippen LogP contribution >= 0.6 is 0 Å². The van der Waals surface area contributed by atoms with Crippen molar-refractivity contribution in [2.45, 2.75) is 50.5 Å². The number of carbonyl (C=O) groups is 1. The monoisotopic (exact) mass is 183 g/mol. The van der Waals surface area contributed by atoms with Gasteiger partial charge in [0, 0.05) is 5.54 Å². The number of hydrogen-bond acceptors (Lipinski definition) is 2. The quantitative estimate of drug-likeness (QED) is 0.682. The molecule has 2 aliphatic carbocycles. The van der Waals surface area contributed by atoms with Crippen molar-refractivity contribution in [1.82, 2.24) is 0 Å². The molecule has 3 heteroatoms. The van der Waals surface area contributed by atoms with E-state index in [0.29, 0.717) is 0 Å². The largest absolute Gasteiger partial charge is 0.481 e. The molecule has 0 aromatic carbocycles. The summed E-state index contributed by atoms with van der Waals surface area (Å²) in [4.78, 5) is 10.7. The molecule has 74 valence electrons. The maximum atomic E-state index is 10.7. The Morgan fingerprint density at radius 3 is 2.23 bits per heavy atom. The van der Waals surface area contributed by atoms with Gasteiger partial charge in [0.05, 0.1) is 6.42 Å². The molecule has 2 saturated carbocycles. The van der Waals surface area contributed by atoms with Crippen LogP contribution in [0.15, 0.2) is 0 Å². The highest BCUT2D eigenvalue weighted by Gasteiger charge is 2.55. The van der Waals surface area contributed by atoms with Crippen molar-refractivity contribution in [1.29, 1.82) is 0 Å². The fourth-order valence-electron chi connectivity index (χ4n) is 3.15. The molecule has 13 heavy (non-hydrogen) atoms. The van der Waals surface area contributed by atoms with Crippen LogP contribution in [0.3, 0.4) is 0 Å². The van der Waals surface area contributed by atoms with Crippen molar-refractivity contribution in [2.24, 2.45) is 11.1 Å². The number of rotatable bonds is 2. The third-order valence-electron chi connectivity index (χ3n) is 4.11. The highest BCUT2D eigenvalue weighted by atomic mass is 16.4. The lowest BCUT2D eigenvalue weighted by atomic mass is 9.58. The Balaban J connectivity index is 2.15. The first kappa shape index (κ1) is 9.00. The van der Waals surface area contributed by atoms with Crippen LogP contribution in [0.25, 0.3) is 0 Å². The van der Waals surface area contributed by atoms with E-state index < -0.39 is 11.5 Å². The van der Waals surface area contributed by atoms with Gasteiger partial charge in [0.2, 0.25) is 0 Å². The molecule has 1 atom stereocenters. The minimum absolute atomic E-state index is 0.160. The molecule has 0 amide bonds. The molecular formula is C10H17NO2. The molecule has 0 aromatic heterocycles. The van der Waals surface area contributed by atoms with Gasteiger partial charge >= 0.3 is 5.97 Å². The van der Waals surface area contributed by atoms with Gasteiger partial charge in [-0.3, -0.25) is 4.79 Å². The zero-order valence-electron chi connectivity index (χ0n) is 7.88. The first-order chi connectivity index (χ1) is 6.08. The molecule has 2 fully saturated rings. The van der Waals surface area contributed by atoms with E-state index in [1.54, 1.807) is 0 Å². The van der Waals surface area contributed by atoms with Gasteiger partial charge in [-0.25, -0.2) is 0 Å². The Morgan fingerprint density at radius 1 is 1.23 bits per heavy atom. The summed E-state index contributed by atoms with van der Waals surface area (Å²) in [6.07, 6.45) is 6.86. The second-order valence-electron chi connectivity index (χ2n) is 4.71. The highest BCUT2D eigenvalue weighted by Crippen LogP contribution is 2.58. The summed E-state index contributed by atoms with van der Waals surface area (Å²) < 4.78 is 0. The lowest BCUT2D eigenvalue weighted by Crippen LogP contribution is -2.56. The standard InChI is InChI=1S/C10H17NO2/c11-10(7-8(12)13)6-2-5-9(10)3-1-4-9/h1-7,11H2,(H,12,13). The maximum Gasteiger partial charge on any atom is 0.305 e. The summed E-state index contributed by atoms with van der Waals surface area (Å²) in [5, 5.41) is 8.81. The Morgan fingerprint density at radius 2 is 1.77 bits per heavy atom. The molecule has 0 aromatic rings. The van der Waals surface area contributed by atoms with Crippen LogP contribution in [0.4, 0.5) is 0 Å². The van der Waals surface area contributed by atoms with Crippen molar-refractivity contribution in [2.75, 3.05) is 0 Å². The fourth-order valence-corrected chi connectivity index (χ4v) is 3.15. The van der Waals surface area contributed by atoms with Gasteiger partial charge in [-0.1, -0.05) is 12.8 Å². The predicted molar refractivity (Wildman–Crippen MR) is 49.3 cm³/mol. The van der Waals surface area contributed by atoms with Gasteiger partial charge in [0.15, 0.2) is 0 Å². The van der Waals surface area contributed by atoms with E-state index in [2.05, 4.69) is 0 Å². The predicted octanol–water partition coefficient (Wildman–Crippen LogP) is 1.51. The molecule has 1 unspecified atom stereocenters. The summed E-state index contributed by atoms with van der Waals surface area (Å²) in [6.45, 7) is 0. The molecule has 3 N–H and O–H groups in total. The third kappa shape index (κ3) is 1.17. The average molecular weight is 183 g/mol. The molecule has 0 radical (unpaired) electrons. The van der Waals surface area contributed by atoms with Gasteiger partial charge in [-0.2, -0.15) is 0 Å². The summed E-state index contributed by atoms with van der Waals surface area (Å²) >= 11 is 0. The van der Waals surface area contributed by atoms with E-state index in [9.17, 15) is 4.79 Å². The number of carboxylic acids is 1. The van der Waals surface area contributed by atoms with E-state index in [1.807, 2.05) is 0 Å². The topological polar surface area (TPSA) is 63.3 Å². The van der Waals surface area contributed by atoms with Gasteiger partial charge < -0.3 is 10.8 Å². The molecular weight excluding hydrogens is 166 g/mol. The van der Waals surface area contributed by atoms with Crippen molar-refractivity contribution in [3.63, 3.8) is 0 Å². The van der Waals surface area contributed by atoms with E-state index >= 15 is 0 Å². The summed E-state index contributed by atoms with van der Waals surface area (Å²) in [5.41, 5.74) is 6.03. The van der Waals surface area contributed by atoms with Crippen LogP contribution < -0.4 is 5.73 Å². The minimum Gasteiger partial charge on any atom is -0.481 e. The van der Waals surface area contributed by atoms with Crippen molar-refractivity contribution < 1.29 is 9.90 Å². The zero-order valence-corrected chi connectivity index (χ0v) is 7.88. The molecule has 0 saturated heterocycles. The molecule has 0 bridgehead atoms. The van der Waals surface area contributed by atoms with E-state index in [1.165, 1.54) is 6.42 Å². The van der Waals surface area contributed by atoms with Crippen LogP contribution in [-0.4, -0.2) is 16.6 Å². The SMILES string of the molecule is NC1(CC(=O)O)CCCC12CCC2. The van der Waals surface area contributed by atoms with Crippen LogP contribution in [0.1, 0.15) is 44.9 Å². The molecule has 3 nitrogen and oxygen atoms in total. The molecule has 2 rings (SSSR count). The van der Waals surface area contributed by atoms with Crippen LogP contribution in [0, 0.1) is 5.41 Å².